The number of urea groups is 1. The van der Waals surface area contributed by atoms with Gasteiger partial charge in [0.25, 0.3) is 5.91 Å². The molecule has 1 aliphatic rings. The van der Waals surface area contributed by atoms with Crippen molar-refractivity contribution in [3.63, 3.8) is 0 Å². The summed E-state index contributed by atoms with van der Waals surface area (Å²) in [5.41, 5.74) is 2.40. The van der Waals surface area contributed by atoms with Crippen LogP contribution in [-0.2, 0) is 10.3 Å². The van der Waals surface area contributed by atoms with Crippen molar-refractivity contribution >= 4 is 29.3 Å². The number of hydrazine groups is 1. The topological polar surface area (TPSA) is 73.5 Å². The van der Waals surface area contributed by atoms with E-state index in [4.69, 9.17) is 12.2 Å². The van der Waals surface area contributed by atoms with Crippen LogP contribution in [0.1, 0.15) is 38.7 Å². The van der Waals surface area contributed by atoms with Crippen molar-refractivity contribution in [2.75, 3.05) is 6.54 Å². The van der Waals surface area contributed by atoms with Crippen molar-refractivity contribution in [3.05, 3.63) is 35.9 Å². The standard InChI is InChI=1S/C16H22N4O2S/c1-3-5-11-17-14(23)19-20-13(21)16(4-2,18-15(20)22)12-9-7-6-8-10-12/h6-10H,3-5,11H2,1-2H3,(H,18,22)(H2,17,19,23)/t16-/m1/s1. The van der Waals surface area contributed by atoms with E-state index in [1.54, 1.807) is 0 Å². The molecule has 0 spiro atoms. The Kier molecular flexibility index (Phi) is 5.54. The number of unbranched alkanes of at least 4 members (excludes halogenated alkanes) is 1. The monoisotopic (exact) mass is 334 g/mol. The first-order valence-corrected chi connectivity index (χ1v) is 8.22. The minimum Gasteiger partial charge on any atom is -0.361 e. The molecule has 1 aromatic rings. The third-order valence-electron chi connectivity index (χ3n) is 3.92. The Labute approximate surface area is 141 Å². The molecule has 1 aromatic carbocycles. The minimum atomic E-state index is -1.05. The zero-order valence-corrected chi connectivity index (χ0v) is 14.2. The van der Waals surface area contributed by atoms with Crippen molar-refractivity contribution in [3.8, 4) is 0 Å². The number of nitrogens with zero attached hydrogens (tertiary/aromatic N) is 1. The van der Waals surface area contributed by atoms with Gasteiger partial charge in [-0.25, -0.2) is 4.79 Å². The van der Waals surface area contributed by atoms with Gasteiger partial charge in [0.15, 0.2) is 5.11 Å². The fraction of sp³-hybridized carbons (Fsp3) is 0.438. The Hall–Kier alpha value is -2.15. The maximum atomic E-state index is 12.8. The van der Waals surface area contributed by atoms with Gasteiger partial charge >= 0.3 is 6.03 Å². The quantitative estimate of drug-likeness (QED) is 0.422. The summed E-state index contributed by atoms with van der Waals surface area (Å²) in [5, 5.41) is 7.00. The molecule has 1 heterocycles. The second-order valence-corrected chi connectivity index (χ2v) is 5.83. The Morgan fingerprint density at radius 2 is 1.96 bits per heavy atom. The normalized spacial score (nSPS) is 20.3. The van der Waals surface area contributed by atoms with Crippen LogP contribution < -0.4 is 16.1 Å². The van der Waals surface area contributed by atoms with Crippen molar-refractivity contribution < 1.29 is 9.59 Å². The lowest BCUT2D eigenvalue weighted by molar-refractivity contribution is -0.133. The van der Waals surface area contributed by atoms with Crippen LogP contribution in [0.2, 0.25) is 0 Å². The second-order valence-electron chi connectivity index (χ2n) is 5.42. The molecule has 3 N–H and O–H groups in total. The molecule has 7 heteroatoms. The van der Waals surface area contributed by atoms with Crippen LogP contribution >= 0.6 is 12.2 Å². The smallest absolute Gasteiger partial charge is 0.344 e. The van der Waals surface area contributed by atoms with Gasteiger partial charge in [-0.3, -0.25) is 10.2 Å². The second kappa shape index (κ2) is 7.41. The van der Waals surface area contributed by atoms with Crippen molar-refractivity contribution in [1.29, 1.82) is 0 Å². The first-order valence-electron chi connectivity index (χ1n) is 7.82. The number of hydrogen-bond donors (Lipinski definition) is 3. The van der Waals surface area contributed by atoms with Crippen molar-refractivity contribution in [1.82, 2.24) is 21.1 Å². The molecule has 0 unspecified atom stereocenters. The summed E-state index contributed by atoms with van der Waals surface area (Å²) >= 11 is 5.14. The molecular formula is C16H22N4O2S. The third kappa shape index (κ3) is 3.44. The van der Waals surface area contributed by atoms with Gasteiger partial charge in [-0.05, 0) is 30.6 Å². The maximum absolute atomic E-state index is 12.8. The van der Waals surface area contributed by atoms with Gasteiger partial charge < -0.3 is 10.6 Å². The zero-order valence-electron chi connectivity index (χ0n) is 13.4. The lowest BCUT2D eigenvalue weighted by Crippen LogP contribution is -2.51. The first-order chi connectivity index (χ1) is 11.0. The number of hydrogen-bond acceptors (Lipinski definition) is 3. The highest BCUT2D eigenvalue weighted by Gasteiger charge is 2.51. The number of nitrogens with one attached hydrogen (secondary N) is 3. The highest BCUT2D eigenvalue weighted by molar-refractivity contribution is 7.80. The molecule has 1 atom stereocenters. The van der Waals surface area contributed by atoms with Crippen LogP contribution in [-0.4, -0.2) is 28.6 Å². The maximum Gasteiger partial charge on any atom is 0.344 e. The SMILES string of the molecule is CCCCNC(=S)NN1C(=O)N[C@](CC)(c2ccccc2)C1=O. The average Bonchev–Trinajstić information content (AvgIpc) is 2.81. The highest BCUT2D eigenvalue weighted by Crippen LogP contribution is 2.31. The minimum absolute atomic E-state index is 0.266. The van der Waals surface area contributed by atoms with Gasteiger partial charge in [0, 0.05) is 6.54 Å². The van der Waals surface area contributed by atoms with E-state index in [9.17, 15) is 9.59 Å². The van der Waals surface area contributed by atoms with E-state index in [-0.39, 0.29) is 11.0 Å². The molecule has 2 rings (SSSR count). The predicted octanol–water partition coefficient (Wildman–Crippen LogP) is 2.02. The van der Waals surface area contributed by atoms with E-state index in [2.05, 4.69) is 23.0 Å². The Morgan fingerprint density at radius 1 is 1.26 bits per heavy atom. The number of thiocarbonyl (C=S) groups is 1. The molecule has 1 fully saturated rings. The van der Waals surface area contributed by atoms with E-state index >= 15 is 0 Å². The Morgan fingerprint density at radius 3 is 2.57 bits per heavy atom. The Balaban J connectivity index is 2.14. The number of imide groups is 1. The van der Waals surface area contributed by atoms with E-state index in [0.29, 0.717) is 13.0 Å². The van der Waals surface area contributed by atoms with Crippen molar-refractivity contribution in [2.45, 2.75) is 38.6 Å². The van der Waals surface area contributed by atoms with Gasteiger partial charge in [0.1, 0.15) is 5.54 Å². The predicted molar refractivity (Wildman–Crippen MR) is 92.4 cm³/mol. The van der Waals surface area contributed by atoms with Crippen LogP contribution in [0.25, 0.3) is 0 Å². The zero-order chi connectivity index (χ0) is 16.9. The van der Waals surface area contributed by atoms with Gasteiger partial charge in [0.2, 0.25) is 0 Å². The highest BCUT2D eigenvalue weighted by atomic mass is 32.1. The van der Waals surface area contributed by atoms with Crippen LogP contribution in [0.5, 0.6) is 0 Å². The molecule has 1 aliphatic heterocycles. The first kappa shape index (κ1) is 17.2. The van der Waals surface area contributed by atoms with Crippen LogP contribution in [0.3, 0.4) is 0 Å². The molecular weight excluding hydrogens is 312 g/mol. The molecule has 1 saturated heterocycles. The van der Waals surface area contributed by atoms with Gasteiger partial charge in [-0.2, -0.15) is 5.01 Å². The molecule has 124 valence electrons. The van der Waals surface area contributed by atoms with Crippen LogP contribution in [0.15, 0.2) is 30.3 Å². The van der Waals surface area contributed by atoms with Crippen LogP contribution in [0.4, 0.5) is 4.79 Å². The lowest BCUT2D eigenvalue weighted by Gasteiger charge is -2.25. The number of amides is 3. The number of benzene rings is 1. The average molecular weight is 334 g/mol. The molecule has 0 saturated carbocycles. The summed E-state index contributed by atoms with van der Waals surface area (Å²) in [6.07, 6.45) is 2.45. The van der Waals surface area contributed by atoms with Crippen molar-refractivity contribution in [2.24, 2.45) is 0 Å². The molecule has 23 heavy (non-hydrogen) atoms. The molecule has 0 bridgehead atoms. The van der Waals surface area contributed by atoms with Crippen LogP contribution in [0, 0.1) is 0 Å². The summed E-state index contributed by atoms with van der Waals surface area (Å²) in [7, 11) is 0. The van der Waals surface area contributed by atoms with E-state index in [1.165, 1.54) is 0 Å². The fourth-order valence-electron chi connectivity index (χ4n) is 2.56. The largest absolute Gasteiger partial charge is 0.361 e. The Bertz CT molecular complexity index is 593. The summed E-state index contributed by atoms with van der Waals surface area (Å²) in [6, 6.07) is 8.74. The van der Waals surface area contributed by atoms with E-state index < -0.39 is 11.6 Å². The summed E-state index contributed by atoms with van der Waals surface area (Å²) in [6.45, 7) is 4.64. The summed E-state index contributed by atoms with van der Waals surface area (Å²) in [5.74, 6) is -0.351. The number of carbonyl (C=O) groups excluding carboxylic acids is 2. The van der Waals surface area contributed by atoms with Gasteiger partial charge in [0.05, 0.1) is 0 Å². The van der Waals surface area contributed by atoms with E-state index in [0.717, 1.165) is 23.4 Å². The molecule has 6 nitrogen and oxygen atoms in total. The molecule has 3 amide bonds. The van der Waals surface area contributed by atoms with Gasteiger partial charge in [-0.15, -0.1) is 0 Å². The summed E-state index contributed by atoms with van der Waals surface area (Å²) in [4.78, 5) is 25.1. The summed E-state index contributed by atoms with van der Waals surface area (Å²) < 4.78 is 0. The molecule has 0 radical (unpaired) electrons. The molecule has 0 aliphatic carbocycles. The lowest BCUT2D eigenvalue weighted by atomic mass is 9.87. The molecule has 0 aromatic heterocycles. The fourth-order valence-corrected chi connectivity index (χ4v) is 2.75. The third-order valence-corrected chi connectivity index (χ3v) is 4.15. The number of carbonyl (C=O) groups is 2. The number of rotatable bonds is 6. The van der Waals surface area contributed by atoms with E-state index in [1.807, 2.05) is 37.3 Å². The van der Waals surface area contributed by atoms with Gasteiger partial charge in [-0.1, -0.05) is 50.6 Å².